The minimum absolute atomic E-state index is 0.114. The summed E-state index contributed by atoms with van der Waals surface area (Å²) in [5, 5.41) is 3.26. The Morgan fingerprint density at radius 1 is 1.16 bits per heavy atom. The first-order chi connectivity index (χ1) is 12.1. The maximum Gasteiger partial charge on any atom is 0.223 e. The Kier molecular flexibility index (Phi) is 3.56. The van der Waals surface area contributed by atoms with Crippen LogP contribution < -0.4 is 21.5 Å². The van der Waals surface area contributed by atoms with Gasteiger partial charge in [-0.3, -0.25) is 4.79 Å². The van der Waals surface area contributed by atoms with Crippen LogP contribution in [0.2, 0.25) is 0 Å². The highest BCUT2D eigenvalue weighted by atomic mass is 16.5. The van der Waals surface area contributed by atoms with E-state index in [-0.39, 0.29) is 17.6 Å². The number of methoxy groups -OCH3 is 1. The first kappa shape index (κ1) is 15.4. The van der Waals surface area contributed by atoms with Crippen LogP contribution in [0.25, 0.3) is 0 Å². The lowest BCUT2D eigenvalue weighted by molar-refractivity contribution is -0.116. The minimum Gasteiger partial charge on any atom is -0.497 e. The Labute approximate surface area is 145 Å². The van der Waals surface area contributed by atoms with E-state index in [4.69, 9.17) is 16.2 Å². The van der Waals surface area contributed by atoms with Gasteiger partial charge in [0.25, 0.3) is 0 Å². The quantitative estimate of drug-likeness (QED) is 0.769. The zero-order valence-corrected chi connectivity index (χ0v) is 13.9. The number of nitrogen functional groups attached to an aromatic ring is 2. The monoisotopic (exact) mass is 337 g/mol. The predicted molar refractivity (Wildman–Crippen MR) is 95.2 cm³/mol. The number of aromatic nitrogens is 2. The molecule has 5 N–H and O–H groups in total. The molecule has 2 aromatic rings. The number of nitrogens with one attached hydrogen (secondary N) is 1. The molecule has 1 aliphatic heterocycles. The van der Waals surface area contributed by atoms with E-state index in [0.29, 0.717) is 23.6 Å². The molecule has 128 valence electrons. The van der Waals surface area contributed by atoms with E-state index >= 15 is 0 Å². The van der Waals surface area contributed by atoms with E-state index in [9.17, 15) is 4.79 Å². The average Bonchev–Trinajstić information content (AvgIpc) is 2.60. The molecule has 1 aromatic carbocycles. The molecule has 0 radical (unpaired) electrons. The number of allylic oxidation sites excluding steroid dienone is 2. The lowest BCUT2D eigenvalue weighted by Gasteiger charge is -2.33. The van der Waals surface area contributed by atoms with Crippen LogP contribution in [-0.2, 0) is 4.79 Å². The molecule has 7 nitrogen and oxygen atoms in total. The lowest BCUT2D eigenvalue weighted by atomic mass is 9.76. The first-order valence-electron chi connectivity index (χ1n) is 8.18. The molecule has 0 fully saturated rings. The number of carbonyl (C=O) groups is 1. The van der Waals surface area contributed by atoms with Crippen molar-refractivity contribution in [3.05, 3.63) is 46.7 Å². The third-order valence-corrected chi connectivity index (χ3v) is 4.74. The van der Waals surface area contributed by atoms with Crippen LogP contribution in [0.15, 0.2) is 35.5 Å². The summed E-state index contributed by atoms with van der Waals surface area (Å²) in [5.74, 6) is 1.58. The fraction of sp³-hybridized carbons (Fsp3) is 0.278. The van der Waals surface area contributed by atoms with E-state index in [1.165, 1.54) is 0 Å². The van der Waals surface area contributed by atoms with Crippen LogP contribution in [0.1, 0.15) is 36.3 Å². The van der Waals surface area contributed by atoms with Crippen molar-refractivity contribution in [2.45, 2.75) is 25.2 Å². The molecular formula is C18H19N5O2. The second kappa shape index (κ2) is 5.77. The third kappa shape index (κ3) is 2.48. The first-order valence-corrected chi connectivity index (χ1v) is 8.18. The normalized spacial score (nSPS) is 19.1. The molecule has 1 aliphatic carbocycles. The van der Waals surface area contributed by atoms with Crippen molar-refractivity contribution in [2.24, 2.45) is 0 Å². The summed E-state index contributed by atoms with van der Waals surface area (Å²) in [5.41, 5.74) is 15.2. The fourth-order valence-corrected chi connectivity index (χ4v) is 3.63. The van der Waals surface area contributed by atoms with Crippen LogP contribution in [0, 0.1) is 0 Å². The van der Waals surface area contributed by atoms with Gasteiger partial charge in [-0.2, -0.15) is 9.97 Å². The van der Waals surface area contributed by atoms with Crippen LogP contribution in [0.3, 0.4) is 0 Å². The molecule has 7 heteroatoms. The zero-order chi connectivity index (χ0) is 17.6. The molecule has 0 unspecified atom stereocenters. The van der Waals surface area contributed by atoms with Crippen molar-refractivity contribution < 1.29 is 9.53 Å². The molecule has 2 aliphatic rings. The largest absolute Gasteiger partial charge is 0.497 e. The zero-order valence-electron chi connectivity index (χ0n) is 13.9. The second-order valence-corrected chi connectivity index (χ2v) is 6.23. The summed E-state index contributed by atoms with van der Waals surface area (Å²) in [6.45, 7) is 0. The summed E-state index contributed by atoms with van der Waals surface area (Å²) in [4.78, 5) is 21.1. The Morgan fingerprint density at radius 3 is 2.64 bits per heavy atom. The number of ether oxygens (including phenoxy) is 1. The smallest absolute Gasteiger partial charge is 0.223 e. The van der Waals surface area contributed by atoms with Gasteiger partial charge in [-0.15, -0.1) is 0 Å². The fourth-order valence-electron chi connectivity index (χ4n) is 3.63. The number of nitrogens with two attached hydrogens (primary N) is 2. The maximum atomic E-state index is 12.7. The van der Waals surface area contributed by atoms with Crippen LogP contribution in [0.4, 0.5) is 17.6 Å². The van der Waals surface area contributed by atoms with Crippen LogP contribution >= 0.6 is 0 Å². The minimum atomic E-state index is -0.300. The molecule has 25 heavy (non-hydrogen) atoms. The molecule has 0 bridgehead atoms. The Morgan fingerprint density at radius 2 is 1.92 bits per heavy atom. The highest BCUT2D eigenvalue weighted by Gasteiger charge is 2.37. The van der Waals surface area contributed by atoms with E-state index in [0.717, 1.165) is 35.4 Å². The van der Waals surface area contributed by atoms with Crippen LogP contribution in [-0.4, -0.2) is 22.9 Å². The number of ketones is 1. The maximum absolute atomic E-state index is 12.7. The summed E-state index contributed by atoms with van der Waals surface area (Å²) < 4.78 is 5.24. The van der Waals surface area contributed by atoms with Gasteiger partial charge in [0.15, 0.2) is 5.78 Å². The standard InChI is InChI=1S/C18H19N5O2/c1-25-10-7-5-9(6-8-10)13-14-11(3-2-4-12(14)24)21-17-15(13)16(19)22-18(20)23-17/h5-8,13H,2-4H2,1H3,(H5,19,20,21,22,23)/t13-/m0/s1. The molecule has 2 heterocycles. The van der Waals surface area contributed by atoms with Gasteiger partial charge in [0.2, 0.25) is 5.95 Å². The molecule has 4 rings (SSSR count). The van der Waals surface area contributed by atoms with Crippen molar-refractivity contribution in [3.8, 4) is 5.75 Å². The van der Waals surface area contributed by atoms with Gasteiger partial charge in [-0.1, -0.05) is 12.1 Å². The van der Waals surface area contributed by atoms with Gasteiger partial charge < -0.3 is 21.5 Å². The van der Waals surface area contributed by atoms with Crippen molar-refractivity contribution in [2.75, 3.05) is 23.9 Å². The Bertz CT molecular complexity index is 889. The van der Waals surface area contributed by atoms with Crippen molar-refractivity contribution >= 4 is 23.4 Å². The van der Waals surface area contributed by atoms with Crippen molar-refractivity contribution in [1.29, 1.82) is 0 Å². The topological polar surface area (TPSA) is 116 Å². The molecule has 1 aromatic heterocycles. The van der Waals surface area contributed by atoms with Gasteiger partial charge in [0, 0.05) is 29.2 Å². The number of fused-ring (bicyclic) bond motifs is 1. The molecule has 0 saturated carbocycles. The lowest BCUT2D eigenvalue weighted by Crippen LogP contribution is -2.28. The van der Waals surface area contributed by atoms with Gasteiger partial charge in [-0.05, 0) is 30.5 Å². The average molecular weight is 337 g/mol. The van der Waals surface area contributed by atoms with Gasteiger partial charge >= 0.3 is 0 Å². The van der Waals surface area contributed by atoms with Gasteiger partial charge in [-0.25, -0.2) is 0 Å². The Balaban J connectivity index is 1.94. The molecule has 0 spiro atoms. The van der Waals surface area contributed by atoms with Crippen molar-refractivity contribution in [1.82, 2.24) is 9.97 Å². The highest BCUT2D eigenvalue weighted by molar-refractivity contribution is 6.01. The van der Waals surface area contributed by atoms with Crippen molar-refractivity contribution in [3.63, 3.8) is 0 Å². The number of rotatable bonds is 2. The van der Waals surface area contributed by atoms with E-state index in [2.05, 4.69) is 15.3 Å². The highest BCUT2D eigenvalue weighted by Crippen LogP contribution is 2.46. The van der Waals surface area contributed by atoms with E-state index in [1.54, 1.807) is 7.11 Å². The van der Waals surface area contributed by atoms with Crippen LogP contribution in [0.5, 0.6) is 5.75 Å². The summed E-state index contributed by atoms with van der Waals surface area (Å²) >= 11 is 0. The van der Waals surface area contributed by atoms with Gasteiger partial charge in [0.1, 0.15) is 17.4 Å². The number of benzene rings is 1. The Hall–Kier alpha value is -3.09. The third-order valence-electron chi connectivity index (χ3n) is 4.74. The molecule has 0 amide bonds. The summed E-state index contributed by atoms with van der Waals surface area (Å²) in [6.07, 6.45) is 2.17. The number of hydrogen-bond acceptors (Lipinski definition) is 7. The second-order valence-electron chi connectivity index (χ2n) is 6.23. The predicted octanol–water partition coefficient (Wildman–Crippen LogP) is 2.21. The summed E-state index contributed by atoms with van der Waals surface area (Å²) in [7, 11) is 1.62. The van der Waals surface area contributed by atoms with Gasteiger partial charge in [0.05, 0.1) is 7.11 Å². The molecule has 1 atom stereocenters. The number of Topliss-reactive ketones (excluding diaryl/α,β-unsaturated/α-hetero) is 1. The summed E-state index contributed by atoms with van der Waals surface area (Å²) in [6, 6.07) is 7.64. The number of carbonyl (C=O) groups excluding carboxylic acids is 1. The van der Waals surface area contributed by atoms with E-state index in [1.807, 2.05) is 24.3 Å². The number of anilines is 3. The van der Waals surface area contributed by atoms with E-state index < -0.39 is 0 Å². The molecule has 0 saturated heterocycles. The SMILES string of the molecule is COc1ccc([C@H]2C3=C(CCCC3=O)Nc3nc(N)nc(N)c32)cc1. The number of nitrogens with zero attached hydrogens (tertiary/aromatic N) is 2. The molecular weight excluding hydrogens is 318 g/mol. The number of hydrogen-bond donors (Lipinski definition) is 3.